The zero-order valence-electron chi connectivity index (χ0n) is 11.4. The molecule has 0 atom stereocenters. The Morgan fingerprint density at radius 2 is 2.05 bits per heavy atom. The minimum atomic E-state index is 0.632. The van der Waals surface area contributed by atoms with Gasteiger partial charge in [0.1, 0.15) is 12.4 Å². The van der Waals surface area contributed by atoms with Gasteiger partial charge in [-0.3, -0.25) is 0 Å². The fourth-order valence-corrected chi connectivity index (χ4v) is 3.17. The Hall–Kier alpha value is -0.840. The van der Waals surface area contributed by atoms with Gasteiger partial charge < -0.3 is 10.1 Å². The summed E-state index contributed by atoms with van der Waals surface area (Å²) in [5, 5.41) is 3.18. The molecule has 0 aliphatic heterocycles. The third kappa shape index (κ3) is 3.81. The van der Waals surface area contributed by atoms with Gasteiger partial charge in [-0.25, -0.2) is 0 Å². The quantitative estimate of drug-likeness (QED) is 0.870. The average molecular weight is 340 g/mol. The lowest BCUT2D eigenvalue weighted by molar-refractivity contribution is 0.305. The normalized spacial score (nSPS) is 10.7. The number of nitrogens with one attached hydrogen (secondary N) is 1. The zero-order chi connectivity index (χ0) is 13.8. The number of aryl methyl sites for hydroxylation is 2. The van der Waals surface area contributed by atoms with Crippen molar-refractivity contribution in [1.82, 2.24) is 5.32 Å². The maximum absolute atomic E-state index is 5.87. The monoisotopic (exact) mass is 339 g/mol. The summed E-state index contributed by atoms with van der Waals surface area (Å²) in [6.07, 6.45) is 0. The van der Waals surface area contributed by atoms with Gasteiger partial charge in [-0.15, -0.1) is 11.3 Å². The molecule has 2 rings (SSSR count). The molecule has 0 spiro atoms. The Labute approximate surface area is 126 Å². The highest BCUT2D eigenvalue weighted by molar-refractivity contribution is 9.10. The van der Waals surface area contributed by atoms with Gasteiger partial charge in [-0.05, 0) is 50.7 Å². The molecule has 0 unspecified atom stereocenters. The first kappa shape index (κ1) is 14.6. The second-order valence-corrected chi connectivity index (χ2v) is 6.72. The van der Waals surface area contributed by atoms with Crippen LogP contribution in [0.3, 0.4) is 0 Å². The topological polar surface area (TPSA) is 21.3 Å². The minimum Gasteiger partial charge on any atom is -0.489 e. The summed E-state index contributed by atoms with van der Waals surface area (Å²) in [6.45, 7) is 5.77. The van der Waals surface area contributed by atoms with Crippen LogP contribution >= 0.6 is 27.3 Å². The Balaban J connectivity index is 2.03. The number of hydrogen-bond acceptors (Lipinski definition) is 3. The highest BCUT2D eigenvalue weighted by atomic mass is 79.9. The number of benzene rings is 1. The van der Waals surface area contributed by atoms with Crippen LogP contribution in [0.1, 0.15) is 20.9 Å². The van der Waals surface area contributed by atoms with Crippen molar-refractivity contribution in [2.45, 2.75) is 27.0 Å². The standard InChI is InChI=1S/C15H18BrNOS/c1-10-6-13(4-5-15(10)16)18-9-12-7-14(8-17-3)19-11(12)2/h4-7,17H,8-9H2,1-3H3. The molecule has 0 aliphatic carbocycles. The van der Waals surface area contributed by atoms with E-state index in [1.807, 2.05) is 30.5 Å². The van der Waals surface area contributed by atoms with Crippen molar-refractivity contribution in [2.24, 2.45) is 0 Å². The molecule has 1 aromatic heterocycles. The summed E-state index contributed by atoms with van der Waals surface area (Å²) >= 11 is 5.33. The largest absolute Gasteiger partial charge is 0.489 e. The van der Waals surface area contributed by atoms with Crippen LogP contribution in [0, 0.1) is 13.8 Å². The summed E-state index contributed by atoms with van der Waals surface area (Å²) in [6, 6.07) is 8.30. The van der Waals surface area contributed by atoms with Crippen molar-refractivity contribution in [3.63, 3.8) is 0 Å². The fraction of sp³-hybridized carbons (Fsp3) is 0.333. The molecular weight excluding hydrogens is 322 g/mol. The molecule has 0 amide bonds. The molecule has 0 saturated carbocycles. The van der Waals surface area contributed by atoms with Gasteiger partial charge in [0.2, 0.25) is 0 Å². The third-order valence-corrected chi connectivity index (χ3v) is 4.93. The van der Waals surface area contributed by atoms with E-state index in [0.29, 0.717) is 6.61 Å². The number of rotatable bonds is 5. The molecule has 0 aliphatic rings. The number of ether oxygens (including phenoxy) is 1. The molecule has 0 saturated heterocycles. The minimum absolute atomic E-state index is 0.632. The van der Waals surface area contributed by atoms with Crippen molar-refractivity contribution < 1.29 is 4.74 Å². The summed E-state index contributed by atoms with van der Waals surface area (Å²) in [5.74, 6) is 0.918. The van der Waals surface area contributed by atoms with E-state index in [1.165, 1.54) is 20.9 Å². The molecule has 0 fully saturated rings. The highest BCUT2D eigenvalue weighted by Gasteiger charge is 2.06. The van der Waals surface area contributed by atoms with Crippen LogP contribution in [0.25, 0.3) is 0 Å². The van der Waals surface area contributed by atoms with Gasteiger partial charge in [0.05, 0.1) is 0 Å². The molecule has 0 radical (unpaired) electrons. The molecule has 102 valence electrons. The Kier molecular flexibility index (Phi) is 5.02. The SMILES string of the molecule is CNCc1cc(COc2ccc(Br)c(C)c2)c(C)s1. The summed E-state index contributed by atoms with van der Waals surface area (Å²) in [4.78, 5) is 2.68. The van der Waals surface area contributed by atoms with E-state index in [-0.39, 0.29) is 0 Å². The fourth-order valence-electron chi connectivity index (χ4n) is 1.86. The van der Waals surface area contributed by atoms with E-state index < -0.39 is 0 Å². The molecule has 2 aromatic rings. The van der Waals surface area contributed by atoms with Crippen molar-refractivity contribution in [3.8, 4) is 5.75 Å². The van der Waals surface area contributed by atoms with Crippen molar-refractivity contribution >= 4 is 27.3 Å². The number of thiophene rings is 1. The van der Waals surface area contributed by atoms with Gasteiger partial charge in [-0.2, -0.15) is 0 Å². The van der Waals surface area contributed by atoms with Crippen LogP contribution in [-0.4, -0.2) is 7.05 Å². The van der Waals surface area contributed by atoms with Gasteiger partial charge >= 0.3 is 0 Å². The molecule has 4 heteroatoms. The van der Waals surface area contributed by atoms with Crippen LogP contribution in [0.2, 0.25) is 0 Å². The Morgan fingerprint density at radius 1 is 1.26 bits per heavy atom. The average Bonchev–Trinajstić information content (AvgIpc) is 2.72. The predicted molar refractivity (Wildman–Crippen MR) is 85.0 cm³/mol. The maximum Gasteiger partial charge on any atom is 0.120 e. The van der Waals surface area contributed by atoms with Crippen LogP contribution in [0.15, 0.2) is 28.7 Å². The van der Waals surface area contributed by atoms with Gasteiger partial charge in [0.25, 0.3) is 0 Å². The van der Waals surface area contributed by atoms with Gasteiger partial charge in [0, 0.05) is 26.3 Å². The zero-order valence-corrected chi connectivity index (χ0v) is 13.8. The van der Waals surface area contributed by atoms with E-state index >= 15 is 0 Å². The van der Waals surface area contributed by atoms with E-state index in [2.05, 4.69) is 47.2 Å². The number of halogens is 1. The predicted octanol–water partition coefficient (Wildman–Crippen LogP) is 4.43. The van der Waals surface area contributed by atoms with E-state index in [0.717, 1.165) is 16.8 Å². The Morgan fingerprint density at radius 3 is 2.74 bits per heavy atom. The lowest BCUT2D eigenvalue weighted by atomic mass is 10.2. The van der Waals surface area contributed by atoms with E-state index in [9.17, 15) is 0 Å². The second-order valence-electron chi connectivity index (χ2n) is 4.52. The molecule has 2 nitrogen and oxygen atoms in total. The van der Waals surface area contributed by atoms with Crippen molar-refractivity contribution in [2.75, 3.05) is 7.05 Å². The van der Waals surface area contributed by atoms with Crippen LogP contribution in [0.4, 0.5) is 0 Å². The smallest absolute Gasteiger partial charge is 0.120 e. The molecule has 1 N–H and O–H groups in total. The molecule has 0 bridgehead atoms. The lowest BCUT2D eigenvalue weighted by Gasteiger charge is -2.07. The molecule has 1 heterocycles. The van der Waals surface area contributed by atoms with E-state index in [4.69, 9.17) is 4.74 Å². The number of hydrogen-bond donors (Lipinski definition) is 1. The summed E-state index contributed by atoms with van der Waals surface area (Å²) in [7, 11) is 1.97. The second kappa shape index (κ2) is 6.55. The first-order valence-electron chi connectivity index (χ1n) is 6.22. The van der Waals surface area contributed by atoms with Crippen molar-refractivity contribution in [3.05, 3.63) is 49.6 Å². The molecule has 19 heavy (non-hydrogen) atoms. The Bertz CT molecular complexity index is 565. The summed E-state index contributed by atoms with van der Waals surface area (Å²) in [5.41, 5.74) is 2.46. The first-order chi connectivity index (χ1) is 9.10. The van der Waals surface area contributed by atoms with Crippen LogP contribution in [-0.2, 0) is 13.2 Å². The van der Waals surface area contributed by atoms with Crippen LogP contribution < -0.4 is 10.1 Å². The lowest BCUT2D eigenvalue weighted by Crippen LogP contribution is -2.02. The highest BCUT2D eigenvalue weighted by Crippen LogP contribution is 2.25. The first-order valence-corrected chi connectivity index (χ1v) is 7.83. The van der Waals surface area contributed by atoms with E-state index in [1.54, 1.807) is 0 Å². The van der Waals surface area contributed by atoms with Crippen LogP contribution in [0.5, 0.6) is 5.75 Å². The third-order valence-electron chi connectivity index (χ3n) is 2.95. The van der Waals surface area contributed by atoms with Crippen molar-refractivity contribution in [1.29, 1.82) is 0 Å². The summed E-state index contributed by atoms with van der Waals surface area (Å²) < 4.78 is 6.98. The molecule has 1 aromatic carbocycles. The van der Waals surface area contributed by atoms with Gasteiger partial charge in [0.15, 0.2) is 0 Å². The molecular formula is C15H18BrNOS. The van der Waals surface area contributed by atoms with Gasteiger partial charge in [-0.1, -0.05) is 15.9 Å². The maximum atomic E-state index is 5.87.